The molecule has 0 radical (unpaired) electrons. The third-order valence-corrected chi connectivity index (χ3v) is 25.5. The summed E-state index contributed by atoms with van der Waals surface area (Å²) in [7, 11) is -6.31. The van der Waals surface area contributed by atoms with Gasteiger partial charge in [-0.1, -0.05) is 119 Å². The number of hydrogen-bond donors (Lipinski definition) is 11. The number of nitrogens with two attached hydrogens (primary N) is 3. The van der Waals surface area contributed by atoms with E-state index in [4.69, 9.17) is 77.2 Å². The van der Waals surface area contributed by atoms with E-state index in [1.54, 1.807) is 126 Å². The molecule has 0 aromatic heterocycles. The van der Waals surface area contributed by atoms with Gasteiger partial charge in [-0.05, 0) is 250 Å². The van der Waals surface area contributed by atoms with Crippen LogP contribution in [-0.4, -0.2) is 269 Å². The van der Waals surface area contributed by atoms with Gasteiger partial charge in [0.05, 0.1) is 72.0 Å². The van der Waals surface area contributed by atoms with Crippen LogP contribution in [0.15, 0.2) is 54.6 Å². The van der Waals surface area contributed by atoms with E-state index >= 15 is 0 Å². The number of nitrogens with zero attached hydrogens (tertiary/aromatic N) is 2. The van der Waals surface area contributed by atoms with Crippen LogP contribution in [0.2, 0.25) is 0 Å². The third-order valence-electron chi connectivity index (χ3n) is 21.5. The van der Waals surface area contributed by atoms with E-state index in [9.17, 15) is 67.9 Å². The summed E-state index contributed by atoms with van der Waals surface area (Å²) in [5.41, 5.74) is 5.79. The summed E-state index contributed by atoms with van der Waals surface area (Å²) in [6.07, 6.45) is 6.80. The van der Waals surface area contributed by atoms with Crippen LogP contribution < -0.4 is 74.0 Å². The zero-order valence-corrected chi connectivity index (χ0v) is 95.7. The summed E-state index contributed by atoms with van der Waals surface area (Å²) >= 11 is 0. The number of hydrogen-bond acceptors (Lipinski definition) is 31. The summed E-state index contributed by atoms with van der Waals surface area (Å²) in [6, 6.07) is 16.2. The standard InChI is InChI=1S/C35H63N3O10S.C25H47N3O6S.C25H41NO6.C10H22N2O4S.C5H12N2O4S/c1-12-13-14-18-38(33(41)48-35(7,8)9)49(42,43)36-24-29(39)28(37-32(40)47-34(4,5)6)23-27(25(2)3)21-26-16-17-30(45-11)31(22-26)46-20-15-19-44-10;1-6-7-8-12-27-35(30,31)28-18-23(29)22(26)17-21(19(2)3)15-20-10-11-24(33-5)25(16-20)34-14-9-13-32-4;1-17(2)19(15-20(23-16-31-23)26-24(27)32-25(3,4)5)13-18-9-10-21(29-7)22(14-18)30-12-8-11-28-6;1-5-6-7-8-12(17(11,14)15)9(13)16-10(2,3)4;1-5(2,3)11-4(8)7-12(6,9)10/h16-17,22,25,27-29,36,39H,12-15,18-21,23-24H2,1-11H3,(H,37,40);10-11,16,19,21-23,27-29H,6-9,12-15,17-18,26H2,1-5H3;9-10,14,17,19-20,23H,8,11-13,15-16H2,1-7H3,(H,26,27);5-8H2,1-4H3,(H2,11,14,15);1-3H3,(H,7,8)(H2,6,9,10)/t27-,28-,29-;21-,22-,23-;19-,20-,23-;;/m000../s1. The van der Waals surface area contributed by atoms with Gasteiger partial charge < -0.3 is 97.6 Å². The van der Waals surface area contributed by atoms with Crippen LogP contribution in [0.1, 0.15) is 279 Å². The van der Waals surface area contributed by atoms with Gasteiger partial charge in [-0.2, -0.15) is 51.7 Å². The molecular weight excluding hydrogens is 1960 g/mol. The highest BCUT2D eigenvalue weighted by atomic mass is 32.2. The maximum absolute atomic E-state index is 13.4. The van der Waals surface area contributed by atoms with E-state index in [0.29, 0.717) is 147 Å². The van der Waals surface area contributed by atoms with Gasteiger partial charge in [-0.25, -0.2) is 43.7 Å². The first-order valence-corrected chi connectivity index (χ1v) is 56.0. The van der Waals surface area contributed by atoms with Gasteiger partial charge >= 0.3 is 61.1 Å². The number of epoxide rings is 1. The van der Waals surface area contributed by atoms with Gasteiger partial charge in [0.1, 0.15) is 34.1 Å². The van der Waals surface area contributed by atoms with Crippen molar-refractivity contribution in [1.29, 1.82) is 0 Å². The Morgan fingerprint density at radius 2 is 0.772 bits per heavy atom. The van der Waals surface area contributed by atoms with Crippen LogP contribution in [-0.2, 0) is 103 Å². The highest BCUT2D eigenvalue weighted by Crippen LogP contribution is 2.37. The van der Waals surface area contributed by atoms with Crippen LogP contribution in [0, 0.1) is 35.5 Å². The second-order valence-corrected chi connectivity index (χ2v) is 47.6. The van der Waals surface area contributed by atoms with Crippen molar-refractivity contribution in [3.63, 3.8) is 0 Å². The van der Waals surface area contributed by atoms with E-state index in [2.05, 4.69) is 81.4 Å². The number of carbonyl (C=O) groups excluding carboxylic acids is 5. The molecule has 0 aliphatic carbocycles. The predicted octanol–water partition coefficient (Wildman–Crippen LogP) is 14.4. The molecule has 0 spiro atoms. The Hall–Kier alpha value is -7.87. The predicted molar refractivity (Wildman–Crippen MR) is 563 cm³/mol. The summed E-state index contributed by atoms with van der Waals surface area (Å²) in [6.45, 7) is 48.2. The fraction of sp³-hybridized carbons (Fsp3) is 0.770. The number of benzene rings is 3. The lowest BCUT2D eigenvalue weighted by molar-refractivity contribution is 0.0371. The van der Waals surface area contributed by atoms with E-state index < -0.39 is 130 Å². The third kappa shape index (κ3) is 65.7. The van der Waals surface area contributed by atoms with Crippen LogP contribution in [0.3, 0.4) is 0 Å². The molecule has 844 valence electrons. The lowest BCUT2D eigenvalue weighted by Gasteiger charge is -2.32. The smallest absolute Gasteiger partial charge is 0.425 e. The molecule has 3 aromatic rings. The Labute approximate surface area is 868 Å². The molecule has 1 heterocycles. The van der Waals surface area contributed by atoms with Crippen molar-refractivity contribution in [1.82, 2.24) is 38.1 Å². The van der Waals surface area contributed by atoms with Crippen LogP contribution in [0.25, 0.3) is 0 Å². The number of aliphatic hydroxyl groups is 2. The first-order chi connectivity index (χ1) is 67.2. The molecule has 1 aliphatic heterocycles. The van der Waals surface area contributed by atoms with Crippen molar-refractivity contribution in [3.05, 3.63) is 71.3 Å². The molecule has 9 atom stereocenters. The van der Waals surface area contributed by atoms with Gasteiger partial charge in [0.25, 0.3) is 10.2 Å². The molecule has 5 amide bonds. The number of unbranched alkanes of at least 4 members (excludes halogenated alkanes) is 6. The Bertz CT molecular complexity index is 4640. The molecule has 3 aromatic carbocycles. The largest absolute Gasteiger partial charge is 0.493 e. The van der Waals surface area contributed by atoms with Gasteiger partial charge in [0.15, 0.2) is 34.5 Å². The van der Waals surface area contributed by atoms with Crippen molar-refractivity contribution in [2.45, 2.75) is 346 Å². The van der Waals surface area contributed by atoms with Gasteiger partial charge in [0, 0.05) is 99.2 Å². The maximum Gasteiger partial charge on any atom is 0.425 e. The monoisotopic (exact) mass is 2150 g/mol. The minimum absolute atomic E-state index is 0.0549. The molecule has 1 fully saturated rings. The highest BCUT2D eigenvalue weighted by Gasteiger charge is 2.39. The number of methoxy groups -OCH3 is 6. The molecule has 41 nitrogen and oxygen atoms in total. The van der Waals surface area contributed by atoms with Crippen molar-refractivity contribution in [2.75, 3.05) is 122 Å². The molecular formula is C100H185N11O30S4. The van der Waals surface area contributed by atoms with E-state index in [1.807, 2.05) is 90.9 Å². The maximum atomic E-state index is 13.4. The summed E-state index contributed by atoms with van der Waals surface area (Å²) in [4.78, 5) is 60.5. The highest BCUT2D eigenvalue weighted by molar-refractivity contribution is 7.88. The molecule has 1 saturated heterocycles. The zero-order chi connectivity index (χ0) is 111. The number of carbonyl (C=O) groups is 5. The van der Waals surface area contributed by atoms with Crippen molar-refractivity contribution in [2.24, 2.45) is 51.5 Å². The normalized spacial score (nSPS) is 14.6. The van der Waals surface area contributed by atoms with Crippen molar-refractivity contribution in [3.8, 4) is 34.5 Å². The Morgan fingerprint density at radius 1 is 0.428 bits per heavy atom. The van der Waals surface area contributed by atoms with Crippen LogP contribution in [0.4, 0.5) is 24.0 Å². The fourth-order valence-electron chi connectivity index (χ4n) is 13.8. The van der Waals surface area contributed by atoms with E-state index in [1.165, 1.54) is 10.3 Å². The second kappa shape index (κ2) is 68.8. The quantitative estimate of drug-likeness (QED) is 0.0142. The fourth-order valence-corrected chi connectivity index (χ4v) is 16.7. The first kappa shape index (κ1) is 137. The van der Waals surface area contributed by atoms with Crippen LogP contribution >= 0.6 is 0 Å². The van der Waals surface area contributed by atoms with Crippen molar-refractivity contribution < 1.29 is 139 Å². The molecule has 1 aliphatic rings. The summed E-state index contributed by atoms with van der Waals surface area (Å²) < 4.78 is 185. The minimum atomic E-state index is -4.41. The number of nitrogens with one attached hydrogen (secondary N) is 6. The number of ether oxygens (including phenoxy) is 15. The zero-order valence-electron chi connectivity index (χ0n) is 92.4. The molecule has 0 saturated carbocycles. The second-order valence-electron chi connectivity index (χ2n) is 41.6. The molecule has 45 heteroatoms. The Morgan fingerprint density at radius 3 is 1.12 bits per heavy atom. The topological polar surface area (TPSA) is 561 Å². The van der Waals surface area contributed by atoms with Gasteiger partial charge in [0.2, 0.25) is 0 Å². The molecule has 145 heavy (non-hydrogen) atoms. The van der Waals surface area contributed by atoms with Crippen molar-refractivity contribution >= 4 is 71.3 Å². The summed E-state index contributed by atoms with van der Waals surface area (Å²) in [5, 5.41) is 37.2. The SMILES string of the molecule is CC(C)(C)OC(=O)NS(N)(=O)=O.CCCCCN(C(=O)OC(C)(C)C)S(=O)(=O)NC[C@H](O)[C@H](C[C@H](Cc1ccc(OC)c(OCCCOC)c1)C(C)C)NC(=O)OC(C)(C)C.CCCCCN(C(=O)OC(C)(C)C)S(N)(=O)=O.CCCCCNS(=O)(=O)NC[C@H](O)[C@@H](N)C[C@H](Cc1ccc(OC)c(OCCCOC)c1)C(C)C.COCCCOc1cc(C[C@@H](C[C@H](NC(=O)OC(C)(C)C)[C@@H]2CO2)C(C)C)ccc1OC. The molecule has 4 rings (SSSR count). The van der Waals surface area contributed by atoms with E-state index in [-0.39, 0.29) is 49.5 Å². The number of alkyl carbamates (subject to hydrolysis) is 2. The molecule has 0 bridgehead atoms. The minimum Gasteiger partial charge on any atom is -0.493 e. The van der Waals surface area contributed by atoms with Gasteiger partial charge in [-0.3, -0.25) is 0 Å². The van der Waals surface area contributed by atoms with Gasteiger partial charge in [-0.15, -0.1) is 0 Å². The lowest BCUT2D eigenvalue weighted by atomic mass is 9.83. The lowest BCUT2D eigenvalue weighted by Crippen LogP contribution is -2.53. The van der Waals surface area contributed by atoms with E-state index in [0.717, 1.165) is 93.3 Å². The molecule has 0 unspecified atom stereocenters. The Balaban J connectivity index is 0.00000191. The number of rotatable bonds is 60. The average Bonchev–Trinajstić information content (AvgIpc) is 1.68. The first-order valence-electron chi connectivity index (χ1n) is 50.1. The number of amides is 5. The summed E-state index contributed by atoms with van der Waals surface area (Å²) in [5.74, 6) is 5.39. The van der Waals surface area contributed by atoms with Crippen LogP contribution in [0.5, 0.6) is 34.5 Å². The number of aliphatic hydroxyl groups excluding tert-OH is 2. The Kier molecular flexibility index (Phi) is 65.0. The molecule has 14 N–H and O–H groups in total. The average molecular weight is 2150 g/mol.